The first kappa shape index (κ1) is 11.9. The van der Waals surface area contributed by atoms with Gasteiger partial charge in [-0.1, -0.05) is 0 Å². The molecule has 0 bridgehead atoms. The first-order valence-corrected chi connectivity index (χ1v) is 4.86. The second kappa shape index (κ2) is 5.61. The Labute approximate surface area is 93.8 Å². The van der Waals surface area contributed by atoms with E-state index in [4.69, 9.17) is 15.7 Å². The van der Waals surface area contributed by atoms with E-state index in [1.165, 1.54) is 0 Å². The van der Waals surface area contributed by atoms with Crippen molar-refractivity contribution in [1.29, 1.82) is 5.26 Å². The van der Waals surface area contributed by atoms with Crippen LogP contribution in [0.15, 0.2) is 18.2 Å². The number of hydrogen-bond donors (Lipinski definition) is 2. The van der Waals surface area contributed by atoms with Crippen molar-refractivity contribution in [3.05, 3.63) is 23.8 Å². The SMILES string of the molecule is CCOC(=O)CNc1ccc(C#N)cc1N. The van der Waals surface area contributed by atoms with Crippen LogP contribution in [0.2, 0.25) is 0 Å². The number of carbonyl (C=O) groups is 1. The Morgan fingerprint density at radius 1 is 1.62 bits per heavy atom. The third-order valence-corrected chi connectivity index (χ3v) is 1.91. The van der Waals surface area contributed by atoms with Gasteiger partial charge < -0.3 is 15.8 Å². The fraction of sp³-hybridized carbons (Fsp3) is 0.273. The zero-order valence-electron chi connectivity index (χ0n) is 8.99. The molecule has 1 aromatic carbocycles. The van der Waals surface area contributed by atoms with Gasteiger partial charge in [-0.25, -0.2) is 0 Å². The molecule has 0 spiro atoms. The van der Waals surface area contributed by atoms with Crippen molar-refractivity contribution in [3.63, 3.8) is 0 Å². The molecule has 0 aromatic heterocycles. The second-order valence-electron chi connectivity index (χ2n) is 3.07. The number of anilines is 2. The molecule has 0 saturated heterocycles. The van der Waals surface area contributed by atoms with Gasteiger partial charge in [-0.3, -0.25) is 4.79 Å². The van der Waals surface area contributed by atoms with Crippen molar-refractivity contribution >= 4 is 17.3 Å². The summed E-state index contributed by atoms with van der Waals surface area (Å²) in [5.74, 6) is -0.341. The Balaban J connectivity index is 2.62. The minimum absolute atomic E-state index is 0.0595. The topological polar surface area (TPSA) is 88.1 Å². The van der Waals surface area contributed by atoms with E-state index in [0.717, 1.165) is 0 Å². The highest BCUT2D eigenvalue weighted by Crippen LogP contribution is 2.18. The van der Waals surface area contributed by atoms with Gasteiger partial charge in [-0.2, -0.15) is 5.26 Å². The van der Waals surface area contributed by atoms with Gasteiger partial charge in [0.2, 0.25) is 0 Å². The van der Waals surface area contributed by atoms with E-state index in [2.05, 4.69) is 5.32 Å². The van der Waals surface area contributed by atoms with Crippen LogP contribution in [-0.2, 0) is 9.53 Å². The number of nitriles is 1. The molecule has 0 aliphatic rings. The van der Waals surface area contributed by atoms with Crippen molar-refractivity contribution in [3.8, 4) is 6.07 Å². The lowest BCUT2D eigenvalue weighted by molar-refractivity contribution is -0.140. The maximum atomic E-state index is 11.1. The predicted octanol–water partition coefficient (Wildman–Crippen LogP) is 1.12. The van der Waals surface area contributed by atoms with E-state index in [0.29, 0.717) is 23.5 Å². The summed E-state index contributed by atoms with van der Waals surface area (Å²) < 4.78 is 4.75. The number of nitrogens with one attached hydrogen (secondary N) is 1. The summed E-state index contributed by atoms with van der Waals surface area (Å²) in [5.41, 5.74) is 7.23. The first-order valence-electron chi connectivity index (χ1n) is 4.86. The zero-order chi connectivity index (χ0) is 12.0. The van der Waals surface area contributed by atoms with Crippen LogP contribution >= 0.6 is 0 Å². The molecule has 0 aliphatic heterocycles. The molecule has 0 amide bonds. The van der Waals surface area contributed by atoms with Gasteiger partial charge in [0.1, 0.15) is 6.54 Å². The van der Waals surface area contributed by atoms with Crippen LogP contribution in [0, 0.1) is 11.3 Å². The van der Waals surface area contributed by atoms with Gasteiger partial charge in [0, 0.05) is 0 Å². The molecule has 1 aromatic rings. The molecule has 5 nitrogen and oxygen atoms in total. The quantitative estimate of drug-likeness (QED) is 0.585. The van der Waals surface area contributed by atoms with Crippen LogP contribution in [0.1, 0.15) is 12.5 Å². The number of ether oxygens (including phenoxy) is 1. The molecular formula is C11H13N3O2. The van der Waals surface area contributed by atoms with E-state index >= 15 is 0 Å². The summed E-state index contributed by atoms with van der Waals surface area (Å²) in [5, 5.41) is 11.5. The summed E-state index contributed by atoms with van der Waals surface area (Å²) in [7, 11) is 0. The number of nitrogens with two attached hydrogens (primary N) is 1. The van der Waals surface area contributed by atoms with Gasteiger partial charge in [0.05, 0.1) is 29.6 Å². The van der Waals surface area contributed by atoms with Gasteiger partial charge in [0.15, 0.2) is 0 Å². The Morgan fingerprint density at radius 3 is 2.94 bits per heavy atom. The Kier molecular flexibility index (Phi) is 4.16. The first-order chi connectivity index (χ1) is 7.67. The van der Waals surface area contributed by atoms with Crippen molar-refractivity contribution in [2.24, 2.45) is 0 Å². The number of nitrogen functional groups attached to an aromatic ring is 1. The van der Waals surface area contributed by atoms with Crippen LogP contribution in [0.25, 0.3) is 0 Å². The molecule has 0 heterocycles. The smallest absolute Gasteiger partial charge is 0.325 e. The summed E-state index contributed by atoms with van der Waals surface area (Å²) in [6.07, 6.45) is 0. The highest BCUT2D eigenvalue weighted by Gasteiger charge is 2.04. The van der Waals surface area contributed by atoms with E-state index < -0.39 is 0 Å². The standard InChI is InChI=1S/C11H13N3O2/c1-2-16-11(15)7-14-10-4-3-8(6-12)5-9(10)13/h3-5,14H,2,7,13H2,1H3. The largest absolute Gasteiger partial charge is 0.465 e. The number of hydrogen-bond acceptors (Lipinski definition) is 5. The van der Waals surface area contributed by atoms with Crippen LogP contribution in [-0.4, -0.2) is 19.1 Å². The third kappa shape index (κ3) is 3.17. The van der Waals surface area contributed by atoms with Crippen molar-refractivity contribution in [2.45, 2.75) is 6.92 Å². The molecule has 0 fully saturated rings. The second-order valence-corrected chi connectivity index (χ2v) is 3.07. The van der Waals surface area contributed by atoms with Crippen LogP contribution in [0.4, 0.5) is 11.4 Å². The van der Waals surface area contributed by atoms with Gasteiger partial charge in [0.25, 0.3) is 0 Å². The molecule has 1 rings (SSSR count). The van der Waals surface area contributed by atoms with Crippen molar-refractivity contribution < 1.29 is 9.53 Å². The Hall–Kier alpha value is -2.22. The Morgan fingerprint density at radius 2 is 2.38 bits per heavy atom. The summed E-state index contributed by atoms with van der Waals surface area (Å²) in [6, 6.07) is 6.82. The molecule has 0 radical (unpaired) electrons. The van der Waals surface area contributed by atoms with Crippen LogP contribution in [0.5, 0.6) is 0 Å². The summed E-state index contributed by atoms with van der Waals surface area (Å²) in [6.45, 7) is 2.15. The van der Waals surface area contributed by atoms with E-state index in [1.54, 1.807) is 25.1 Å². The molecule has 0 atom stereocenters. The minimum atomic E-state index is -0.341. The van der Waals surface area contributed by atoms with Gasteiger partial charge >= 0.3 is 5.97 Å². The lowest BCUT2D eigenvalue weighted by atomic mass is 10.2. The molecule has 0 aliphatic carbocycles. The highest BCUT2D eigenvalue weighted by atomic mass is 16.5. The summed E-state index contributed by atoms with van der Waals surface area (Å²) in [4.78, 5) is 11.1. The van der Waals surface area contributed by atoms with Gasteiger partial charge in [-0.05, 0) is 25.1 Å². The lowest BCUT2D eigenvalue weighted by Crippen LogP contribution is -2.17. The minimum Gasteiger partial charge on any atom is -0.465 e. The normalized spacial score (nSPS) is 9.25. The monoisotopic (exact) mass is 219 g/mol. The average molecular weight is 219 g/mol. The molecule has 84 valence electrons. The molecule has 0 unspecified atom stereocenters. The number of esters is 1. The Bertz CT molecular complexity index is 424. The lowest BCUT2D eigenvalue weighted by Gasteiger charge is -2.08. The van der Waals surface area contributed by atoms with E-state index in [-0.39, 0.29) is 12.5 Å². The molecule has 5 heteroatoms. The van der Waals surface area contributed by atoms with E-state index in [1.807, 2.05) is 6.07 Å². The third-order valence-electron chi connectivity index (χ3n) is 1.91. The van der Waals surface area contributed by atoms with Crippen molar-refractivity contribution in [2.75, 3.05) is 24.2 Å². The number of nitrogens with zero attached hydrogens (tertiary/aromatic N) is 1. The fourth-order valence-electron chi connectivity index (χ4n) is 1.17. The predicted molar refractivity (Wildman–Crippen MR) is 60.7 cm³/mol. The van der Waals surface area contributed by atoms with Gasteiger partial charge in [-0.15, -0.1) is 0 Å². The van der Waals surface area contributed by atoms with Crippen LogP contribution in [0.3, 0.4) is 0 Å². The fourth-order valence-corrected chi connectivity index (χ4v) is 1.17. The number of benzene rings is 1. The molecule has 3 N–H and O–H groups in total. The molecule has 0 saturated carbocycles. The highest BCUT2D eigenvalue weighted by molar-refractivity contribution is 5.78. The van der Waals surface area contributed by atoms with Crippen LogP contribution < -0.4 is 11.1 Å². The average Bonchev–Trinajstić information content (AvgIpc) is 2.27. The number of carbonyl (C=O) groups excluding carboxylic acids is 1. The summed E-state index contributed by atoms with van der Waals surface area (Å²) >= 11 is 0. The maximum Gasteiger partial charge on any atom is 0.325 e. The van der Waals surface area contributed by atoms with Crippen molar-refractivity contribution in [1.82, 2.24) is 0 Å². The molecular weight excluding hydrogens is 206 g/mol. The number of rotatable bonds is 4. The molecule has 16 heavy (non-hydrogen) atoms. The van der Waals surface area contributed by atoms with E-state index in [9.17, 15) is 4.79 Å². The zero-order valence-corrected chi connectivity index (χ0v) is 8.99. The maximum absolute atomic E-state index is 11.1.